The number of nitrogens with zero attached hydrogens (tertiary/aromatic N) is 3. The summed E-state index contributed by atoms with van der Waals surface area (Å²) in [6.45, 7) is 0. The molecule has 6 heteroatoms. The molecule has 1 aromatic heterocycles. The largest absolute Gasteiger partial charge is 0.308 e. The van der Waals surface area contributed by atoms with Gasteiger partial charge in [-0.3, -0.25) is 0 Å². The molecular weight excluding hydrogens is 594 g/mol. The van der Waals surface area contributed by atoms with Crippen molar-refractivity contribution in [3.05, 3.63) is 126 Å². The van der Waals surface area contributed by atoms with Gasteiger partial charge in [-0.15, -0.1) is 0 Å². The molecule has 2 heterocycles. The SMILES string of the molecule is Brc1nsc(-c2cccc(N3c4ccccc4Sc4ccc(-c5cc6ccccc6c6ccccc56)cc43)c2)n1. The number of halogens is 1. The highest BCUT2D eigenvalue weighted by Crippen LogP contribution is 2.53. The number of aromatic nitrogens is 2. The zero-order valence-electron chi connectivity index (χ0n) is 21.1. The highest BCUT2D eigenvalue weighted by molar-refractivity contribution is 9.10. The lowest BCUT2D eigenvalue weighted by molar-refractivity contribution is 1.17. The molecule has 3 nitrogen and oxygen atoms in total. The van der Waals surface area contributed by atoms with Crippen LogP contribution in [0.2, 0.25) is 0 Å². The molecule has 0 saturated heterocycles. The van der Waals surface area contributed by atoms with E-state index in [0.717, 1.165) is 16.3 Å². The zero-order chi connectivity index (χ0) is 26.6. The average molecular weight is 615 g/mol. The second kappa shape index (κ2) is 9.59. The highest BCUT2D eigenvalue weighted by atomic mass is 79.9. The Kier molecular flexibility index (Phi) is 5.73. The second-order valence-electron chi connectivity index (χ2n) is 9.70. The quantitative estimate of drug-likeness (QED) is 0.185. The summed E-state index contributed by atoms with van der Waals surface area (Å²) in [6, 6.07) is 43.8. The number of fused-ring (bicyclic) bond motifs is 5. The van der Waals surface area contributed by atoms with Gasteiger partial charge >= 0.3 is 0 Å². The number of hydrogen-bond donors (Lipinski definition) is 0. The molecule has 0 bridgehead atoms. The Morgan fingerprint density at radius 3 is 2.25 bits per heavy atom. The van der Waals surface area contributed by atoms with E-state index >= 15 is 0 Å². The Morgan fingerprint density at radius 1 is 0.600 bits per heavy atom. The molecule has 0 saturated carbocycles. The Bertz CT molecular complexity index is 2080. The zero-order valence-corrected chi connectivity index (χ0v) is 24.3. The van der Waals surface area contributed by atoms with E-state index < -0.39 is 0 Å². The van der Waals surface area contributed by atoms with Crippen LogP contribution in [0, 0.1) is 0 Å². The molecule has 0 N–H and O–H groups in total. The second-order valence-corrected chi connectivity index (χ2v) is 12.2. The first-order chi connectivity index (χ1) is 19.7. The molecule has 0 amide bonds. The molecule has 0 unspecified atom stereocenters. The minimum Gasteiger partial charge on any atom is -0.308 e. The van der Waals surface area contributed by atoms with Crippen LogP contribution < -0.4 is 4.90 Å². The van der Waals surface area contributed by atoms with Crippen molar-refractivity contribution in [1.29, 1.82) is 0 Å². The standard InChI is InChI=1S/C34H20BrN3S2/c35-34-36-33(40-37-34)23-9-7-10-24(18-23)38-29-14-5-6-15-31(29)39-32-17-16-22(20-30(32)38)28-19-21-8-1-2-11-25(21)26-12-3-4-13-27(26)28/h1-20H. The maximum Gasteiger partial charge on any atom is 0.209 e. The van der Waals surface area contributed by atoms with Crippen LogP contribution in [0.5, 0.6) is 0 Å². The molecule has 0 fully saturated rings. The van der Waals surface area contributed by atoms with Gasteiger partial charge in [0, 0.05) is 21.0 Å². The number of rotatable bonds is 3. The van der Waals surface area contributed by atoms with Crippen LogP contribution >= 0.6 is 39.2 Å². The Balaban J connectivity index is 1.34. The summed E-state index contributed by atoms with van der Waals surface area (Å²) in [6.07, 6.45) is 0. The van der Waals surface area contributed by atoms with Crippen molar-refractivity contribution in [3.63, 3.8) is 0 Å². The predicted octanol–water partition coefficient (Wildman–Crippen LogP) is 10.9. The van der Waals surface area contributed by atoms with Gasteiger partial charge in [0.25, 0.3) is 0 Å². The Labute approximate surface area is 248 Å². The number of para-hydroxylation sites is 1. The summed E-state index contributed by atoms with van der Waals surface area (Å²) in [5, 5.41) is 5.97. The van der Waals surface area contributed by atoms with Gasteiger partial charge in [-0.25, -0.2) is 4.98 Å². The van der Waals surface area contributed by atoms with E-state index in [1.165, 1.54) is 65.4 Å². The molecule has 0 aliphatic carbocycles. The van der Waals surface area contributed by atoms with Crippen molar-refractivity contribution in [1.82, 2.24) is 9.36 Å². The normalized spacial score (nSPS) is 12.5. The minimum atomic E-state index is 0.621. The van der Waals surface area contributed by atoms with Crippen LogP contribution in [0.3, 0.4) is 0 Å². The van der Waals surface area contributed by atoms with Gasteiger partial charge in [0.1, 0.15) is 5.01 Å². The van der Waals surface area contributed by atoms with E-state index in [-0.39, 0.29) is 0 Å². The van der Waals surface area contributed by atoms with Crippen molar-refractivity contribution < 1.29 is 0 Å². The topological polar surface area (TPSA) is 29.0 Å². The smallest absolute Gasteiger partial charge is 0.209 e. The molecular formula is C34H20BrN3S2. The first kappa shape index (κ1) is 23.9. The first-order valence-corrected chi connectivity index (χ1v) is 15.3. The molecule has 8 rings (SSSR count). The lowest BCUT2D eigenvalue weighted by atomic mass is 9.93. The number of hydrogen-bond acceptors (Lipinski definition) is 5. The fraction of sp³-hybridized carbons (Fsp3) is 0. The van der Waals surface area contributed by atoms with E-state index in [2.05, 4.69) is 152 Å². The summed E-state index contributed by atoms with van der Waals surface area (Å²) >= 11 is 6.63. The Hall–Kier alpha value is -3.97. The third-order valence-corrected chi connectivity index (χ3v) is 9.84. The number of benzene rings is 6. The number of anilines is 3. The molecule has 1 aliphatic heterocycles. The van der Waals surface area contributed by atoms with Gasteiger partial charge in [0.15, 0.2) is 0 Å². The van der Waals surface area contributed by atoms with Crippen molar-refractivity contribution in [2.45, 2.75) is 9.79 Å². The molecule has 6 aromatic carbocycles. The molecule has 1 aliphatic rings. The van der Waals surface area contributed by atoms with Gasteiger partial charge in [0.05, 0.1) is 11.4 Å². The molecule has 40 heavy (non-hydrogen) atoms. The van der Waals surface area contributed by atoms with Crippen molar-refractivity contribution in [2.24, 2.45) is 0 Å². The van der Waals surface area contributed by atoms with Crippen LogP contribution in [0.15, 0.2) is 136 Å². The van der Waals surface area contributed by atoms with Gasteiger partial charge in [0.2, 0.25) is 4.73 Å². The fourth-order valence-electron chi connectivity index (χ4n) is 5.59. The molecule has 0 spiro atoms. The first-order valence-electron chi connectivity index (χ1n) is 12.9. The van der Waals surface area contributed by atoms with E-state index in [4.69, 9.17) is 0 Å². The maximum absolute atomic E-state index is 4.56. The fourth-order valence-corrected chi connectivity index (χ4v) is 7.71. The van der Waals surface area contributed by atoms with E-state index in [9.17, 15) is 0 Å². The lowest BCUT2D eigenvalue weighted by Gasteiger charge is -2.33. The van der Waals surface area contributed by atoms with Crippen LogP contribution in [0.1, 0.15) is 0 Å². The van der Waals surface area contributed by atoms with Crippen LogP contribution in [0.4, 0.5) is 17.1 Å². The predicted molar refractivity (Wildman–Crippen MR) is 172 cm³/mol. The monoisotopic (exact) mass is 613 g/mol. The maximum atomic E-state index is 4.56. The lowest BCUT2D eigenvalue weighted by Crippen LogP contribution is -2.15. The summed E-state index contributed by atoms with van der Waals surface area (Å²) < 4.78 is 4.95. The van der Waals surface area contributed by atoms with E-state index in [0.29, 0.717) is 4.73 Å². The molecule has 0 radical (unpaired) electrons. The van der Waals surface area contributed by atoms with Crippen LogP contribution in [-0.4, -0.2) is 9.36 Å². The summed E-state index contributed by atoms with van der Waals surface area (Å²) in [5.74, 6) is 0. The van der Waals surface area contributed by atoms with Crippen LogP contribution in [0.25, 0.3) is 43.2 Å². The molecule has 0 atom stereocenters. The minimum absolute atomic E-state index is 0.621. The molecule has 7 aromatic rings. The highest BCUT2D eigenvalue weighted by Gasteiger charge is 2.26. The van der Waals surface area contributed by atoms with E-state index in [1.54, 1.807) is 0 Å². The van der Waals surface area contributed by atoms with Crippen molar-refractivity contribution >= 4 is 77.8 Å². The average Bonchev–Trinajstić information content (AvgIpc) is 3.45. The van der Waals surface area contributed by atoms with Crippen molar-refractivity contribution in [3.8, 4) is 21.7 Å². The van der Waals surface area contributed by atoms with Crippen LogP contribution in [-0.2, 0) is 0 Å². The summed E-state index contributed by atoms with van der Waals surface area (Å²) in [7, 11) is 0. The molecule has 190 valence electrons. The summed E-state index contributed by atoms with van der Waals surface area (Å²) in [4.78, 5) is 9.42. The summed E-state index contributed by atoms with van der Waals surface area (Å²) in [5.41, 5.74) is 6.95. The third kappa shape index (κ3) is 3.94. The van der Waals surface area contributed by atoms with Gasteiger partial charge < -0.3 is 4.90 Å². The van der Waals surface area contributed by atoms with E-state index in [1.807, 2.05) is 11.8 Å². The Morgan fingerprint density at radius 2 is 1.38 bits per heavy atom. The van der Waals surface area contributed by atoms with Gasteiger partial charge in [-0.05, 0) is 103 Å². The van der Waals surface area contributed by atoms with Crippen molar-refractivity contribution in [2.75, 3.05) is 4.90 Å². The van der Waals surface area contributed by atoms with Gasteiger partial charge in [-0.2, -0.15) is 4.37 Å². The third-order valence-electron chi connectivity index (χ3n) is 7.36. The van der Waals surface area contributed by atoms with Gasteiger partial charge in [-0.1, -0.05) is 90.6 Å².